The van der Waals surface area contributed by atoms with E-state index in [4.69, 9.17) is 14.6 Å². The van der Waals surface area contributed by atoms with Gasteiger partial charge in [0.1, 0.15) is 12.2 Å². The van der Waals surface area contributed by atoms with Gasteiger partial charge in [0.2, 0.25) is 0 Å². The van der Waals surface area contributed by atoms with E-state index in [1.807, 2.05) is 12.3 Å². The summed E-state index contributed by atoms with van der Waals surface area (Å²) in [4.78, 5) is 40.5. The van der Waals surface area contributed by atoms with Crippen molar-refractivity contribution < 1.29 is 27.8 Å². The molecule has 1 saturated heterocycles. The molecule has 34 heavy (non-hydrogen) atoms. The number of nitrogens with zero attached hydrogens (tertiary/aromatic N) is 5. The third-order valence-corrected chi connectivity index (χ3v) is 6.06. The van der Waals surface area contributed by atoms with Crippen LogP contribution >= 0.6 is 0 Å². The number of halogens is 3. The van der Waals surface area contributed by atoms with Gasteiger partial charge in [-0.15, -0.1) is 0 Å². The van der Waals surface area contributed by atoms with Gasteiger partial charge < -0.3 is 9.84 Å². The molecule has 0 amide bonds. The van der Waals surface area contributed by atoms with E-state index < -0.39 is 28.9 Å². The first-order valence-electron chi connectivity index (χ1n) is 10.8. The van der Waals surface area contributed by atoms with Crippen LogP contribution in [0.4, 0.5) is 13.2 Å². The van der Waals surface area contributed by atoms with E-state index in [9.17, 15) is 22.8 Å². The molecular weight excluding hydrogens is 459 g/mol. The van der Waals surface area contributed by atoms with Crippen molar-refractivity contribution in [2.75, 3.05) is 13.1 Å². The third-order valence-electron chi connectivity index (χ3n) is 6.06. The summed E-state index contributed by atoms with van der Waals surface area (Å²) in [6.07, 6.45) is 1.62. The molecular formula is C21H24F3N5O5. The molecule has 1 N–H and O–H groups in total. The number of carboxylic acid groups (broad SMARTS) is 1. The minimum atomic E-state index is -5.08. The number of alkyl halides is 3. The number of aromatic nitrogens is 4. The lowest BCUT2D eigenvalue weighted by Crippen LogP contribution is -2.53. The highest BCUT2D eigenvalue weighted by Gasteiger charge is 2.43. The van der Waals surface area contributed by atoms with Gasteiger partial charge in [0.05, 0.1) is 6.54 Å². The fourth-order valence-corrected chi connectivity index (χ4v) is 4.13. The predicted octanol–water partition coefficient (Wildman–Crippen LogP) is 1.02. The van der Waals surface area contributed by atoms with Crippen molar-refractivity contribution in [2.24, 2.45) is 5.92 Å². The Balaban J connectivity index is 0.000000344. The number of carbonyl (C=O) groups is 1. The third kappa shape index (κ3) is 5.53. The molecule has 3 aliphatic rings. The average molecular weight is 483 g/mol. The molecule has 2 aromatic heterocycles. The first kappa shape index (κ1) is 24.1. The fraction of sp³-hybridized carbons (Fsp3) is 0.571. The molecule has 0 radical (unpaired) electrons. The molecule has 10 nitrogen and oxygen atoms in total. The van der Waals surface area contributed by atoms with Gasteiger partial charge >= 0.3 is 23.3 Å². The first-order valence-corrected chi connectivity index (χ1v) is 10.8. The summed E-state index contributed by atoms with van der Waals surface area (Å²) in [5.41, 5.74) is -0.231. The van der Waals surface area contributed by atoms with E-state index >= 15 is 0 Å². The van der Waals surface area contributed by atoms with Gasteiger partial charge in [-0.25, -0.2) is 9.48 Å². The molecule has 1 unspecified atom stereocenters. The maximum absolute atomic E-state index is 12.7. The van der Waals surface area contributed by atoms with Crippen molar-refractivity contribution in [1.29, 1.82) is 0 Å². The lowest BCUT2D eigenvalue weighted by atomic mass is 10.0. The van der Waals surface area contributed by atoms with Crippen molar-refractivity contribution in [3.8, 4) is 0 Å². The quantitative estimate of drug-likeness (QED) is 0.641. The van der Waals surface area contributed by atoms with Gasteiger partial charge in [-0.05, 0) is 36.8 Å². The second-order valence-electron chi connectivity index (χ2n) is 8.83. The van der Waals surface area contributed by atoms with Crippen molar-refractivity contribution in [2.45, 2.75) is 57.3 Å². The normalized spacial score (nSPS) is 22.2. The van der Waals surface area contributed by atoms with Crippen LogP contribution in [0.5, 0.6) is 0 Å². The summed E-state index contributed by atoms with van der Waals surface area (Å²) in [5.74, 6) is -1.70. The molecule has 2 aromatic rings. The maximum atomic E-state index is 12.7. The van der Waals surface area contributed by atoms with Crippen LogP contribution in [0, 0.1) is 5.92 Å². The number of rotatable bonds is 4. The number of hydrogen-bond donors (Lipinski definition) is 1. The molecule has 1 atom stereocenters. The van der Waals surface area contributed by atoms with Crippen LogP contribution in [0.15, 0.2) is 34.1 Å². The topological polar surface area (TPSA) is 120 Å². The predicted molar refractivity (Wildman–Crippen MR) is 111 cm³/mol. The highest BCUT2D eigenvalue weighted by atomic mass is 19.4. The van der Waals surface area contributed by atoms with Gasteiger partial charge in [-0.2, -0.15) is 18.3 Å². The summed E-state index contributed by atoms with van der Waals surface area (Å²) in [5, 5.41) is 11.5. The summed E-state index contributed by atoms with van der Waals surface area (Å²) in [6, 6.07) is 4.00. The van der Waals surface area contributed by atoms with Crippen molar-refractivity contribution in [3.63, 3.8) is 0 Å². The summed E-state index contributed by atoms with van der Waals surface area (Å²) in [7, 11) is 0. The van der Waals surface area contributed by atoms with E-state index in [0.717, 1.165) is 44.5 Å². The molecule has 4 heterocycles. The first-order chi connectivity index (χ1) is 16.1. The summed E-state index contributed by atoms with van der Waals surface area (Å²) < 4.78 is 40.8. The Bertz CT molecular complexity index is 1160. The zero-order chi connectivity index (χ0) is 24.5. The smallest absolute Gasteiger partial charge is 0.475 e. The zero-order valence-electron chi connectivity index (χ0n) is 18.2. The van der Waals surface area contributed by atoms with Crippen LogP contribution < -0.4 is 11.1 Å². The lowest BCUT2D eigenvalue weighted by Gasteiger charge is -2.35. The number of carboxylic acids is 1. The Kier molecular flexibility index (Phi) is 6.58. The van der Waals surface area contributed by atoms with E-state index in [0.29, 0.717) is 24.8 Å². The minimum absolute atomic E-state index is 0.279. The number of fused-ring (bicyclic) bond motifs is 1. The minimum Gasteiger partial charge on any atom is -0.475 e. The molecule has 2 aliphatic heterocycles. The van der Waals surface area contributed by atoms with E-state index in [-0.39, 0.29) is 6.61 Å². The molecule has 1 saturated carbocycles. The molecule has 1 spiro atoms. The summed E-state index contributed by atoms with van der Waals surface area (Å²) >= 11 is 0. The Morgan fingerprint density at radius 1 is 1.24 bits per heavy atom. The Morgan fingerprint density at radius 2 is 1.97 bits per heavy atom. The number of aliphatic carboxylic acids is 1. The maximum Gasteiger partial charge on any atom is 0.490 e. The Labute approximate surface area is 191 Å². The number of hydrogen-bond acceptors (Lipinski definition) is 7. The molecule has 2 fully saturated rings. The van der Waals surface area contributed by atoms with Gasteiger partial charge in [0, 0.05) is 38.6 Å². The SMILES string of the molecule is O=C(O)C(F)(F)F.O=c1c(=O)n2c(nn1CC1CC1)COC1(CCN(Cc3cccnc3)C1)C2. The number of likely N-dealkylation sites (tertiary alicyclic amines) is 1. The number of ether oxygens (including phenoxy) is 1. The highest BCUT2D eigenvalue weighted by molar-refractivity contribution is 5.73. The largest absolute Gasteiger partial charge is 0.490 e. The fourth-order valence-electron chi connectivity index (χ4n) is 4.13. The van der Waals surface area contributed by atoms with E-state index in [2.05, 4.69) is 21.0 Å². The van der Waals surface area contributed by atoms with Crippen molar-refractivity contribution in [3.05, 3.63) is 56.6 Å². The number of pyridine rings is 1. The van der Waals surface area contributed by atoms with Crippen LogP contribution in [-0.2, 0) is 35.8 Å². The Morgan fingerprint density at radius 3 is 2.59 bits per heavy atom. The van der Waals surface area contributed by atoms with Crippen LogP contribution in [0.3, 0.4) is 0 Å². The molecule has 13 heteroatoms. The van der Waals surface area contributed by atoms with Crippen LogP contribution in [0.1, 0.15) is 30.7 Å². The van der Waals surface area contributed by atoms with Crippen molar-refractivity contribution >= 4 is 5.97 Å². The second kappa shape index (κ2) is 9.29. The van der Waals surface area contributed by atoms with Gasteiger partial charge in [-0.1, -0.05) is 6.07 Å². The van der Waals surface area contributed by atoms with Gasteiger partial charge in [0.25, 0.3) is 0 Å². The lowest BCUT2D eigenvalue weighted by molar-refractivity contribution is -0.192. The van der Waals surface area contributed by atoms with E-state index in [1.54, 1.807) is 10.8 Å². The second-order valence-corrected chi connectivity index (χ2v) is 8.83. The standard InChI is InChI=1S/C19H23N5O3.C2HF3O2/c25-17-18(26)24(10-14-3-4-14)21-16-11-27-19(13-23(16)17)5-7-22(12-19)9-15-2-1-6-20-8-15;3-2(4,5)1(6)7/h1-2,6,8,14H,3-5,7,9-13H2;(H,6,7). The average Bonchev–Trinajstić information content (AvgIpc) is 3.53. The van der Waals surface area contributed by atoms with Crippen LogP contribution in [-0.4, -0.2) is 60.2 Å². The van der Waals surface area contributed by atoms with Crippen molar-refractivity contribution in [1.82, 2.24) is 24.2 Å². The molecule has 5 rings (SSSR count). The summed E-state index contributed by atoms with van der Waals surface area (Å²) in [6.45, 7) is 3.66. The van der Waals surface area contributed by atoms with Gasteiger partial charge in [-0.3, -0.25) is 24.0 Å². The monoisotopic (exact) mass is 483 g/mol. The van der Waals surface area contributed by atoms with Crippen LogP contribution in [0.25, 0.3) is 0 Å². The van der Waals surface area contributed by atoms with E-state index in [1.165, 1.54) is 4.68 Å². The zero-order valence-corrected chi connectivity index (χ0v) is 18.2. The molecule has 0 bridgehead atoms. The molecule has 184 valence electrons. The Hall–Kier alpha value is -3.06. The van der Waals surface area contributed by atoms with Gasteiger partial charge in [0.15, 0.2) is 5.82 Å². The van der Waals surface area contributed by atoms with Crippen LogP contribution in [0.2, 0.25) is 0 Å². The molecule has 1 aliphatic carbocycles. The highest BCUT2D eigenvalue weighted by Crippen LogP contribution is 2.32. The molecule has 0 aromatic carbocycles.